The summed E-state index contributed by atoms with van der Waals surface area (Å²) in [5.74, 6) is 0.0412. The van der Waals surface area contributed by atoms with Crippen LogP contribution in [0.1, 0.15) is 36.8 Å². The third kappa shape index (κ3) is 6.08. The Morgan fingerprint density at radius 2 is 1.64 bits per heavy atom. The van der Waals surface area contributed by atoms with Crippen molar-refractivity contribution in [3.8, 4) is 11.5 Å². The zero-order chi connectivity index (χ0) is 29.3. The number of benzene rings is 3. The van der Waals surface area contributed by atoms with Gasteiger partial charge < -0.3 is 19.4 Å². The van der Waals surface area contributed by atoms with Crippen LogP contribution in [-0.4, -0.2) is 68.5 Å². The Kier molecular flexibility index (Phi) is 7.30. The van der Waals surface area contributed by atoms with Crippen LogP contribution in [0, 0.1) is 0 Å². The maximum atomic E-state index is 13.1. The van der Waals surface area contributed by atoms with Crippen molar-refractivity contribution in [1.82, 2.24) is 24.8 Å². The van der Waals surface area contributed by atoms with E-state index in [4.69, 9.17) is 14.1 Å². The Bertz CT molecular complexity index is 1770. The number of nitrogens with one attached hydrogen (secondary N) is 1. The minimum absolute atomic E-state index is 0.220. The maximum absolute atomic E-state index is 13.1. The summed E-state index contributed by atoms with van der Waals surface area (Å²) in [7, 11) is 0. The zero-order valence-corrected chi connectivity index (χ0v) is 23.8. The monoisotopic (exact) mass is 564 g/mol. The van der Waals surface area contributed by atoms with E-state index in [-0.39, 0.29) is 17.7 Å². The molecule has 0 aliphatic carbocycles. The van der Waals surface area contributed by atoms with Gasteiger partial charge in [0, 0.05) is 32.7 Å². The molecule has 214 valence electrons. The van der Waals surface area contributed by atoms with Crippen LogP contribution >= 0.6 is 0 Å². The summed E-state index contributed by atoms with van der Waals surface area (Å²) in [5, 5.41) is 2.94. The van der Waals surface area contributed by atoms with Crippen LogP contribution in [0.3, 0.4) is 0 Å². The van der Waals surface area contributed by atoms with Crippen molar-refractivity contribution >= 4 is 39.8 Å². The second kappa shape index (κ2) is 11.2. The van der Waals surface area contributed by atoms with Crippen molar-refractivity contribution < 1.29 is 18.7 Å². The molecule has 0 bridgehead atoms. The van der Waals surface area contributed by atoms with Crippen LogP contribution in [0.2, 0.25) is 0 Å². The number of piperazine rings is 1. The van der Waals surface area contributed by atoms with Crippen LogP contribution in [0.4, 0.5) is 10.5 Å². The number of para-hydroxylation sites is 3. The van der Waals surface area contributed by atoms with E-state index < -0.39 is 5.60 Å². The molecule has 10 nitrogen and oxygen atoms in total. The molecule has 0 saturated carbocycles. The number of hydrogen-bond donors (Lipinski definition) is 1. The van der Waals surface area contributed by atoms with Crippen LogP contribution in [-0.2, 0) is 11.3 Å². The number of oxazole rings is 1. The largest absolute Gasteiger partial charge is 0.444 e. The molecule has 2 aromatic heterocycles. The smallest absolute Gasteiger partial charge is 0.410 e. The fourth-order valence-corrected chi connectivity index (χ4v) is 4.89. The third-order valence-electron chi connectivity index (χ3n) is 6.97. The second-order valence-electron chi connectivity index (χ2n) is 11.3. The van der Waals surface area contributed by atoms with E-state index in [0.717, 1.165) is 36.2 Å². The number of carbonyl (C=O) groups excluding carboxylic acids is 2. The van der Waals surface area contributed by atoms with Gasteiger partial charge in [-0.2, -0.15) is 0 Å². The highest BCUT2D eigenvalue weighted by molar-refractivity contribution is 6.05. The first kappa shape index (κ1) is 27.3. The molecule has 2 amide bonds. The van der Waals surface area contributed by atoms with Gasteiger partial charge in [0.15, 0.2) is 5.58 Å². The fourth-order valence-electron chi connectivity index (χ4n) is 4.89. The van der Waals surface area contributed by atoms with Crippen molar-refractivity contribution in [2.45, 2.75) is 32.9 Å². The van der Waals surface area contributed by atoms with Gasteiger partial charge in [-0.25, -0.2) is 14.8 Å². The third-order valence-corrected chi connectivity index (χ3v) is 6.97. The van der Waals surface area contributed by atoms with Gasteiger partial charge in [-0.3, -0.25) is 14.7 Å². The first-order valence-corrected chi connectivity index (χ1v) is 13.9. The number of ether oxygens (including phenoxy) is 1. The van der Waals surface area contributed by atoms with Gasteiger partial charge in [0.2, 0.25) is 5.89 Å². The first-order valence-electron chi connectivity index (χ1n) is 13.9. The molecule has 6 rings (SSSR count). The molecule has 0 unspecified atom stereocenters. The van der Waals surface area contributed by atoms with Gasteiger partial charge in [0.05, 0.1) is 28.5 Å². The van der Waals surface area contributed by atoms with Gasteiger partial charge in [0.25, 0.3) is 5.91 Å². The number of amides is 2. The second-order valence-corrected chi connectivity index (χ2v) is 11.3. The van der Waals surface area contributed by atoms with E-state index in [1.807, 2.05) is 81.4 Å². The SMILES string of the molecule is CC(C)(C)OC(=O)N1CCN(Cc2ccc3nc(-c4ccccc4NC(=O)c4cnc5ccccc5n4)oc3c2)CC1. The number of anilines is 1. The number of aromatic nitrogens is 3. The Morgan fingerprint density at radius 1 is 0.905 bits per heavy atom. The molecular weight excluding hydrogens is 532 g/mol. The fraction of sp³-hybridized carbons (Fsp3) is 0.281. The Morgan fingerprint density at radius 3 is 2.43 bits per heavy atom. The highest BCUT2D eigenvalue weighted by Gasteiger charge is 2.26. The molecule has 0 spiro atoms. The molecule has 0 radical (unpaired) electrons. The molecule has 3 aromatic carbocycles. The topological polar surface area (TPSA) is 114 Å². The molecule has 1 N–H and O–H groups in total. The molecule has 1 fully saturated rings. The predicted octanol–water partition coefficient (Wildman–Crippen LogP) is 5.74. The van der Waals surface area contributed by atoms with E-state index in [1.54, 1.807) is 11.0 Å². The summed E-state index contributed by atoms with van der Waals surface area (Å²) in [6, 6.07) is 20.8. The van der Waals surface area contributed by atoms with E-state index in [0.29, 0.717) is 41.3 Å². The summed E-state index contributed by atoms with van der Waals surface area (Å²) in [6.45, 7) is 9.12. The van der Waals surface area contributed by atoms with Gasteiger partial charge in [0.1, 0.15) is 16.8 Å². The van der Waals surface area contributed by atoms with Crippen LogP contribution in [0.15, 0.2) is 77.3 Å². The standard InChI is InChI=1S/C32H32N6O4/c1-32(2,3)42-31(40)38-16-14-37(15-17-38)20-21-12-13-26-28(18-21)41-30(36-26)22-8-4-5-9-23(22)35-29(39)27-19-33-24-10-6-7-11-25(24)34-27/h4-13,18-19H,14-17,20H2,1-3H3,(H,35,39). The summed E-state index contributed by atoms with van der Waals surface area (Å²) in [4.78, 5) is 43.0. The average Bonchev–Trinajstić information content (AvgIpc) is 3.40. The van der Waals surface area contributed by atoms with Crippen LogP contribution < -0.4 is 5.32 Å². The van der Waals surface area contributed by atoms with Gasteiger partial charge in [-0.05, 0) is 62.7 Å². The summed E-state index contributed by atoms with van der Waals surface area (Å²) >= 11 is 0. The van der Waals surface area contributed by atoms with Crippen LogP contribution in [0.5, 0.6) is 0 Å². The molecule has 42 heavy (non-hydrogen) atoms. The number of hydrogen-bond acceptors (Lipinski definition) is 8. The summed E-state index contributed by atoms with van der Waals surface area (Å²) in [6.07, 6.45) is 1.21. The molecule has 1 saturated heterocycles. The summed E-state index contributed by atoms with van der Waals surface area (Å²) < 4.78 is 11.7. The molecular formula is C32H32N6O4. The normalized spacial score (nSPS) is 14.3. The minimum atomic E-state index is -0.502. The Hall–Kier alpha value is -4.83. The van der Waals surface area contributed by atoms with Gasteiger partial charge >= 0.3 is 6.09 Å². The number of rotatable bonds is 5. The molecule has 5 aromatic rings. The van der Waals surface area contributed by atoms with Gasteiger partial charge in [-0.1, -0.05) is 30.3 Å². The van der Waals surface area contributed by atoms with Gasteiger partial charge in [-0.15, -0.1) is 0 Å². The highest BCUT2D eigenvalue weighted by atomic mass is 16.6. The molecule has 0 atom stereocenters. The van der Waals surface area contributed by atoms with E-state index in [1.165, 1.54) is 6.20 Å². The molecule has 1 aliphatic rings. The van der Waals surface area contributed by atoms with E-state index >= 15 is 0 Å². The van der Waals surface area contributed by atoms with Crippen molar-refractivity contribution in [2.24, 2.45) is 0 Å². The molecule has 1 aliphatic heterocycles. The minimum Gasteiger partial charge on any atom is -0.444 e. The maximum Gasteiger partial charge on any atom is 0.410 e. The lowest BCUT2D eigenvalue weighted by molar-refractivity contribution is 0.0139. The molecule has 10 heteroatoms. The quantitative estimate of drug-likeness (QED) is 0.287. The Labute approximate surface area is 243 Å². The zero-order valence-electron chi connectivity index (χ0n) is 23.8. The first-order chi connectivity index (χ1) is 20.2. The van der Waals surface area contributed by atoms with Crippen molar-refractivity contribution in [2.75, 3.05) is 31.5 Å². The van der Waals surface area contributed by atoms with Crippen molar-refractivity contribution in [1.29, 1.82) is 0 Å². The number of nitrogens with zero attached hydrogens (tertiary/aromatic N) is 5. The van der Waals surface area contributed by atoms with E-state index in [9.17, 15) is 9.59 Å². The lowest BCUT2D eigenvalue weighted by Crippen LogP contribution is -2.49. The number of fused-ring (bicyclic) bond motifs is 2. The van der Waals surface area contributed by atoms with Crippen molar-refractivity contribution in [3.63, 3.8) is 0 Å². The summed E-state index contributed by atoms with van der Waals surface area (Å²) in [5.41, 5.74) is 4.80. The average molecular weight is 565 g/mol. The van der Waals surface area contributed by atoms with E-state index in [2.05, 4.69) is 20.2 Å². The highest BCUT2D eigenvalue weighted by Crippen LogP contribution is 2.31. The lowest BCUT2D eigenvalue weighted by Gasteiger charge is -2.35. The predicted molar refractivity (Wildman–Crippen MR) is 160 cm³/mol. The lowest BCUT2D eigenvalue weighted by atomic mass is 10.1. The number of carbonyl (C=O) groups is 2. The molecule has 3 heterocycles. The Balaban J connectivity index is 1.15. The van der Waals surface area contributed by atoms with Crippen LogP contribution in [0.25, 0.3) is 33.6 Å². The van der Waals surface area contributed by atoms with Crippen molar-refractivity contribution in [3.05, 3.63) is 84.2 Å².